The van der Waals surface area contributed by atoms with Crippen LogP contribution in [0.4, 0.5) is 5.69 Å². The van der Waals surface area contributed by atoms with Crippen molar-refractivity contribution in [2.75, 3.05) is 5.32 Å². The Morgan fingerprint density at radius 1 is 1.20 bits per heavy atom. The van der Waals surface area contributed by atoms with Gasteiger partial charge in [0.1, 0.15) is 5.69 Å². The Kier molecular flexibility index (Phi) is 4.11. The van der Waals surface area contributed by atoms with E-state index in [2.05, 4.69) is 20.5 Å². The van der Waals surface area contributed by atoms with Gasteiger partial charge in [-0.1, -0.05) is 23.2 Å². The molecule has 0 fully saturated rings. The van der Waals surface area contributed by atoms with Crippen LogP contribution in [0.2, 0.25) is 10.3 Å². The second-order valence-electron chi connectivity index (χ2n) is 3.56. The first-order valence-electron chi connectivity index (χ1n) is 5.17. The minimum absolute atomic E-state index is 0.0144. The highest BCUT2D eigenvalue weighted by molar-refractivity contribution is 6.34. The van der Waals surface area contributed by atoms with E-state index in [4.69, 9.17) is 28.3 Å². The Hall–Kier alpha value is -2.25. The Morgan fingerprint density at radius 3 is 2.65 bits per heavy atom. The summed E-state index contributed by atoms with van der Waals surface area (Å²) in [4.78, 5) is 26.4. The van der Waals surface area contributed by atoms with Crippen LogP contribution in [0.15, 0.2) is 24.4 Å². The smallest absolute Gasteiger partial charge is 0.354 e. The van der Waals surface area contributed by atoms with Gasteiger partial charge in [-0.05, 0) is 18.2 Å². The summed E-state index contributed by atoms with van der Waals surface area (Å²) >= 11 is 11.4. The van der Waals surface area contributed by atoms with E-state index in [1.807, 2.05) is 0 Å². The standard InChI is InChI=1S/C11H6Cl2N4O3/c12-8-4-6(9(13)17-16-8)10(18)15-5-1-2-14-7(3-5)11(19)20/h1-4H,(H,19,20)(H,14,15,18). The van der Waals surface area contributed by atoms with Gasteiger partial charge in [-0.15, -0.1) is 10.2 Å². The largest absolute Gasteiger partial charge is 0.477 e. The number of carbonyl (C=O) groups is 2. The van der Waals surface area contributed by atoms with Gasteiger partial charge in [0.05, 0.1) is 5.56 Å². The van der Waals surface area contributed by atoms with Crippen LogP contribution in [0, 0.1) is 0 Å². The van der Waals surface area contributed by atoms with Crippen molar-refractivity contribution in [1.82, 2.24) is 15.2 Å². The van der Waals surface area contributed by atoms with Crippen molar-refractivity contribution >= 4 is 40.8 Å². The Morgan fingerprint density at radius 2 is 1.95 bits per heavy atom. The minimum Gasteiger partial charge on any atom is -0.477 e. The highest BCUT2D eigenvalue weighted by atomic mass is 35.5. The van der Waals surface area contributed by atoms with Crippen molar-refractivity contribution in [1.29, 1.82) is 0 Å². The average molecular weight is 313 g/mol. The molecule has 0 aliphatic heterocycles. The number of hydrogen-bond acceptors (Lipinski definition) is 5. The molecule has 0 unspecified atom stereocenters. The van der Waals surface area contributed by atoms with E-state index in [-0.39, 0.29) is 27.3 Å². The van der Waals surface area contributed by atoms with Crippen molar-refractivity contribution in [2.45, 2.75) is 0 Å². The fraction of sp³-hybridized carbons (Fsp3) is 0. The number of halogens is 2. The molecule has 0 spiro atoms. The number of amides is 1. The van der Waals surface area contributed by atoms with Gasteiger partial charge in [-0.3, -0.25) is 4.79 Å². The van der Waals surface area contributed by atoms with Gasteiger partial charge in [-0.25, -0.2) is 9.78 Å². The van der Waals surface area contributed by atoms with E-state index in [0.29, 0.717) is 0 Å². The summed E-state index contributed by atoms with van der Waals surface area (Å²) in [6.45, 7) is 0. The molecule has 0 aliphatic carbocycles. The molecule has 20 heavy (non-hydrogen) atoms. The number of hydrogen-bond donors (Lipinski definition) is 2. The molecule has 0 aliphatic rings. The van der Waals surface area contributed by atoms with E-state index in [1.165, 1.54) is 24.4 Å². The molecule has 102 valence electrons. The van der Waals surface area contributed by atoms with Crippen LogP contribution in [0.5, 0.6) is 0 Å². The molecular formula is C11H6Cl2N4O3. The number of nitrogens with one attached hydrogen (secondary N) is 1. The zero-order valence-electron chi connectivity index (χ0n) is 9.67. The monoisotopic (exact) mass is 312 g/mol. The maximum atomic E-state index is 12.0. The molecule has 7 nitrogen and oxygen atoms in total. The zero-order chi connectivity index (χ0) is 14.7. The van der Waals surface area contributed by atoms with E-state index < -0.39 is 11.9 Å². The predicted octanol–water partition coefficient (Wildman–Crippen LogP) is 2.13. The van der Waals surface area contributed by atoms with Crippen molar-refractivity contribution in [2.24, 2.45) is 0 Å². The highest BCUT2D eigenvalue weighted by Gasteiger charge is 2.14. The number of carboxylic acid groups (broad SMARTS) is 1. The van der Waals surface area contributed by atoms with Crippen molar-refractivity contribution in [3.8, 4) is 0 Å². The summed E-state index contributed by atoms with van der Waals surface area (Å²) in [6, 6.07) is 3.91. The van der Waals surface area contributed by atoms with Crippen LogP contribution < -0.4 is 5.32 Å². The zero-order valence-corrected chi connectivity index (χ0v) is 11.2. The highest BCUT2D eigenvalue weighted by Crippen LogP contribution is 2.17. The fourth-order valence-corrected chi connectivity index (χ4v) is 1.66. The van der Waals surface area contributed by atoms with Gasteiger partial charge >= 0.3 is 5.97 Å². The second kappa shape index (κ2) is 5.81. The maximum Gasteiger partial charge on any atom is 0.354 e. The summed E-state index contributed by atoms with van der Waals surface area (Å²) in [5.41, 5.74) is 0.0894. The molecule has 0 bridgehead atoms. The van der Waals surface area contributed by atoms with Gasteiger partial charge in [0, 0.05) is 11.9 Å². The lowest BCUT2D eigenvalue weighted by molar-refractivity contribution is 0.0690. The summed E-state index contributed by atoms with van der Waals surface area (Å²) < 4.78 is 0. The molecule has 0 atom stereocenters. The molecule has 2 heterocycles. The maximum absolute atomic E-state index is 12.0. The second-order valence-corrected chi connectivity index (χ2v) is 4.31. The van der Waals surface area contributed by atoms with Crippen LogP contribution in [0.1, 0.15) is 20.8 Å². The predicted molar refractivity (Wildman–Crippen MR) is 71.2 cm³/mol. The molecule has 1 amide bonds. The Bertz CT molecular complexity index is 693. The molecule has 9 heteroatoms. The molecular weight excluding hydrogens is 307 g/mol. The number of anilines is 1. The van der Waals surface area contributed by atoms with Gasteiger partial charge in [0.25, 0.3) is 5.91 Å². The third-order valence-corrected chi connectivity index (χ3v) is 2.66. The van der Waals surface area contributed by atoms with Gasteiger partial charge in [0.2, 0.25) is 0 Å². The van der Waals surface area contributed by atoms with Gasteiger partial charge < -0.3 is 10.4 Å². The number of nitrogens with zero attached hydrogens (tertiary/aromatic N) is 3. The van der Waals surface area contributed by atoms with Crippen LogP contribution >= 0.6 is 23.2 Å². The quantitative estimate of drug-likeness (QED) is 0.899. The van der Waals surface area contributed by atoms with E-state index in [0.717, 1.165) is 0 Å². The third kappa shape index (κ3) is 3.19. The third-order valence-electron chi connectivity index (χ3n) is 2.20. The van der Waals surface area contributed by atoms with Crippen LogP contribution in [-0.4, -0.2) is 32.2 Å². The minimum atomic E-state index is -1.20. The lowest BCUT2D eigenvalue weighted by Gasteiger charge is -2.06. The molecule has 2 N–H and O–H groups in total. The van der Waals surface area contributed by atoms with Crippen LogP contribution in [0.25, 0.3) is 0 Å². The molecule has 0 saturated heterocycles. The number of aromatic nitrogens is 3. The topological polar surface area (TPSA) is 105 Å². The summed E-state index contributed by atoms with van der Waals surface area (Å²) in [7, 11) is 0. The van der Waals surface area contributed by atoms with Crippen molar-refractivity contribution < 1.29 is 14.7 Å². The van der Waals surface area contributed by atoms with Crippen molar-refractivity contribution in [3.63, 3.8) is 0 Å². The lowest BCUT2D eigenvalue weighted by atomic mass is 10.2. The molecule has 2 aromatic rings. The lowest BCUT2D eigenvalue weighted by Crippen LogP contribution is -2.14. The molecule has 0 aromatic carbocycles. The van der Waals surface area contributed by atoms with Crippen LogP contribution in [-0.2, 0) is 0 Å². The first-order chi connectivity index (χ1) is 9.47. The number of rotatable bonds is 3. The molecule has 2 aromatic heterocycles. The van der Waals surface area contributed by atoms with E-state index >= 15 is 0 Å². The molecule has 2 rings (SSSR count). The summed E-state index contributed by atoms with van der Waals surface area (Å²) in [5.74, 6) is -1.79. The first kappa shape index (κ1) is 14.2. The number of aromatic carboxylic acids is 1. The number of carboxylic acids is 1. The molecule has 0 radical (unpaired) electrons. The van der Waals surface area contributed by atoms with Gasteiger partial charge in [0.15, 0.2) is 10.3 Å². The van der Waals surface area contributed by atoms with Crippen LogP contribution in [0.3, 0.4) is 0 Å². The fourth-order valence-electron chi connectivity index (χ4n) is 1.34. The molecule has 0 saturated carbocycles. The first-order valence-corrected chi connectivity index (χ1v) is 5.92. The number of pyridine rings is 1. The Balaban J connectivity index is 2.25. The Labute approximate surface area is 122 Å². The van der Waals surface area contributed by atoms with Crippen molar-refractivity contribution in [3.05, 3.63) is 46.0 Å². The average Bonchev–Trinajstić information content (AvgIpc) is 2.41. The summed E-state index contributed by atoms with van der Waals surface area (Å²) in [6.07, 6.45) is 1.26. The van der Waals surface area contributed by atoms with E-state index in [9.17, 15) is 9.59 Å². The SMILES string of the molecule is O=C(O)c1cc(NC(=O)c2cc(Cl)nnc2Cl)ccn1. The normalized spacial score (nSPS) is 10.1. The summed E-state index contributed by atoms with van der Waals surface area (Å²) in [5, 5.41) is 18.2. The number of carbonyl (C=O) groups excluding carboxylic acids is 1. The van der Waals surface area contributed by atoms with E-state index in [1.54, 1.807) is 0 Å². The van der Waals surface area contributed by atoms with Gasteiger partial charge in [-0.2, -0.15) is 0 Å².